The average molecular weight is 1580 g/mol. The average Bonchev–Trinajstić information content (AvgIpc) is 0.816. The number of unbranched alkanes of at least 4 members (excludes halogenated alkanes) is 20. The maximum absolute atomic E-state index is 13.7. The third kappa shape index (κ3) is 41.2. The highest BCUT2D eigenvalue weighted by atomic mass is 16.5. The van der Waals surface area contributed by atoms with Crippen molar-refractivity contribution in [1.82, 2.24) is 26.6 Å². The molecule has 1 aromatic rings. The molecule has 3 fully saturated rings. The molecule has 0 bridgehead atoms. The van der Waals surface area contributed by atoms with E-state index in [9.17, 15) is 47.9 Å². The van der Waals surface area contributed by atoms with Crippen molar-refractivity contribution in [2.75, 3.05) is 92.4 Å². The number of carbonyl (C=O) groups excluding carboxylic acids is 10. The van der Waals surface area contributed by atoms with Gasteiger partial charge < -0.3 is 63.9 Å². The summed E-state index contributed by atoms with van der Waals surface area (Å²) < 4.78 is 54.1. The second kappa shape index (κ2) is 57.3. The van der Waals surface area contributed by atoms with Crippen molar-refractivity contribution in [2.24, 2.45) is 53.3 Å². The number of nitrogens with one attached hydrogen (secondary N) is 5. The molecule has 0 aromatic heterocycles. The summed E-state index contributed by atoms with van der Waals surface area (Å²) in [5.41, 5.74) is -0.596. The molecular formula is C88H149N5O19. The highest BCUT2D eigenvalue weighted by Gasteiger charge is 2.45. The van der Waals surface area contributed by atoms with Crippen LogP contribution in [0.3, 0.4) is 0 Å². The number of rotatable bonds is 62. The minimum absolute atomic E-state index is 0.0118. The Morgan fingerprint density at radius 1 is 0.366 bits per heavy atom. The largest absolute Gasteiger partial charge is 0.466 e. The Bertz CT molecular complexity index is 2750. The van der Waals surface area contributed by atoms with Crippen molar-refractivity contribution in [3.05, 3.63) is 35.9 Å². The van der Waals surface area contributed by atoms with E-state index in [1.54, 1.807) is 38.1 Å². The predicted octanol–water partition coefficient (Wildman–Crippen LogP) is 13.3. The Kier molecular flexibility index (Phi) is 50.5. The van der Waals surface area contributed by atoms with Gasteiger partial charge in [0.2, 0.25) is 23.6 Å². The topological polar surface area (TPSA) is 314 Å². The van der Waals surface area contributed by atoms with Crippen LogP contribution in [-0.2, 0) is 85.8 Å². The second-order valence-electron chi connectivity index (χ2n) is 33.0. The number of carbonyl (C=O) groups is 10. The maximum atomic E-state index is 13.7. The summed E-state index contributed by atoms with van der Waals surface area (Å²) in [6, 6.07) is 8.54. The minimum Gasteiger partial charge on any atom is -0.466 e. The van der Waals surface area contributed by atoms with E-state index < -0.39 is 5.54 Å². The van der Waals surface area contributed by atoms with Gasteiger partial charge in [0.05, 0.1) is 115 Å². The van der Waals surface area contributed by atoms with Gasteiger partial charge in [-0.05, 0) is 98.2 Å². The number of amides is 4. The van der Waals surface area contributed by atoms with E-state index in [0.717, 1.165) is 116 Å². The lowest BCUT2D eigenvalue weighted by Gasteiger charge is -2.44. The standard InChI is InChI=1S/C88H149N5O19/c1-62-65(4)85(91-68(7)94)81(52-75(62)56-110-71(10)97)107-46-36-29-25-21-17-13-15-19-23-27-34-40-78(100)42-48-104-59-88(90-55-80(102)74-38-32-31-33-39-74,61-106-50-44-84(103)89-45-51-109-83-54-77(58-112-73(12)99)64(3)67(6)87(83)93-70(9)96)60-105-49-43-79(101)41-35-28-24-20-16-14-18-22-26-30-37-47-108-82-53-76(57-111-72(11)98)63(2)66(5)86(82)92-69(8)95/h31-33,38-39,62-67,75-77,81-83,85-87,90H,13-30,34-37,40-61H2,1-12H3,(H,89,103)(H,91,94)(H,92,95)(H,93,96). The van der Waals surface area contributed by atoms with Crippen molar-refractivity contribution in [3.8, 4) is 0 Å². The van der Waals surface area contributed by atoms with E-state index in [2.05, 4.69) is 68.1 Å². The van der Waals surface area contributed by atoms with Gasteiger partial charge in [-0.3, -0.25) is 53.3 Å². The molecule has 1 aromatic carbocycles. The summed E-state index contributed by atoms with van der Waals surface area (Å²) in [6.07, 6.45) is 26.5. The Morgan fingerprint density at radius 3 is 1.01 bits per heavy atom. The van der Waals surface area contributed by atoms with Crippen LogP contribution < -0.4 is 26.6 Å². The first-order valence-corrected chi connectivity index (χ1v) is 43.1. The SMILES string of the molecule is CC(=O)NC1C(OCCCCCCCCCCCCCC(=O)CCOCC(COCCC(=O)CCCCCCCCCCCCCOC2CC(COC(C)=O)C(C)C(C)C2NC(C)=O)(COCCC(=O)NCCOC2CC(COC(C)=O)C(C)C(C)C2NC(C)=O)NCC(=O)c2ccccc2)CC(COC(C)=O)C(C)C1C. The minimum atomic E-state index is -1.11. The molecule has 5 N–H and O–H groups in total. The first kappa shape index (κ1) is 98.6. The molecule has 15 atom stereocenters. The Balaban J connectivity index is 1.21. The lowest BCUT2D eigenvalue weighted by Crippen LogP contribution is -2.58. The molecule has 3 aliphatic rings. The third-order valence-corrected chi connectivity index (χ3v) is 23.8. The number of esters is 3. The number of hydrogen-bond acceptors (Lipinski definition) is 20. The number of benzene rings is 1. The summed E-state index contributed by atoms with van der Waals surface area (Å²) in [6.45, 7) is 24.5. The molecule has 112 heavy (non-hydrogen) atoms. The maximum Gasteiger partial charge on any atom is 0.302 e. The number of ketones is 3. The van der Waals surface area contributed by atoms with Gasteiger partial charge in [-0.25, -0.2) is 0 Å². The fraction of sp³-hybridized carbons (Fsp3) is 0.818. The number of ether oxygens (including phenoxy) is 9. The van der Waals surface area contributed by atoms with Gasteiger partial charge in [0.25, 0.3) is 0 Å². The molecule has 0 heterocycles. The number of Topliss-reactive ketones (excluding diaryl/α,β-unsaturated/α-hetero) is 3. The fourth-order valence-electron chi connectivity index (χ4n) is 16.3. The third-order valence-electron chi connectivity index (χ3n) is 23.8. The summed E-state index contributed by atoms with van der Waals surface area (Å²) >= 11 is 0. The van der Waals surface area contributed by atoms with Crippen molar-refractivity contribution in [2.45, 2.75) is 318 Å². The fourth-order valence-corrected chi connectivity index (χ4v) is 16.3. The molecule has 24 nitrogen and oxygen atoms in total. The molecule has 0 saturated heterocycles. The van der Waals surface area contributed by atoms with Gasteiger partial charge in [0.15, 0.2) is 5.78 Å². The van der Waals surface area contributed by atoms with Crippen molar-refractivity contribution >= 4 is 58.9 Å². The van der Waals surface area contributed by atoms with Crippen molar-refractivity contribution < 1.29 is 90.6 Å². The van der Waals surface area contributed by atoms with Gasteiger partial charge in [-0.15, -0.1) is 0 Å². The van der Waals surface area contributed by atoms with Gasteiger partial charge in [-0.1, -0.05) is 187 Å². The van der Waals surface area contributed by atoms with E-state index >= 15 is 0 Å². The molecule has 0 radical (unpaired) electrons. The first-order valence-electron chi connectivity index (χ1n) is 43.1. The van der Waals surface area contributed by atoms with Crippen molar-refractivity contribution in [3.63, 3.8) is 0 Å². The summed E-state index contributed by atoms with van der Waals surface area (Å²) in [5.74, 6) is 0.116. The molecule has 15 unspecified atom stereocenters. The number of hydrogen-bond donors (Lipinski definition) is 5. The van der Waals surface area contributed by atoms with E-state index in [-0.39, 0.29) is 234 Å². The van der Waals surface area contributed by atoms with Crippen LogP contribution in [0.15, 0.2) is 30.3 Å². The molecule has 4 rings (SSSR count). The van der Waals surface area contributed by atoms with Crippen LogP contribution in [0, 0.1) is 53.3 Å². The first-order chi connectivity index (χ1) is 53.7. The molecule has 3 saturated carbocycles. The van der Waals surface area contributed by atoms with Crippen LogP contribution in [-0.4, -0.2) is 193 Å². The highest BCUT2D eigenvalue weighted by molar-refractivity contribution is 5.97. The zero-order chi connectivity index (χ0) is 82.1. The molecule has 0 aliphatic heterocycles. The lowest BCUT2D eigenvalue weighted by atomic mass is 9.70. The zero-order valence-corrected chi connectivity index (χ0v) is 70.9. The highest BCUT2D eigenvalue weighted by Crippen LogP contribution is 2.40. The van der Waals surface area contributed by atoms with Gasteiger partial charge >= 0.3 is 17.9 Å². The van der Waals surface area contributed by atoms with Gasteiger partial charge in [0.1, 0.15) is 11.6 Å². The van der Waals surface area contributed by atoms with Gasteiger partial charge in [0, 0.05) is 99.0 Å². The Labute approximate surface area is 672 Å². The Hall–Kier alpha value is -5.76. The molecule has 3 aliphatic carbocycles. The van der Waals surface area contributed by atoms with Crippen LogP contribution in [0.5, 0.6) is 0 Å². The molecule has 0 spiro atoms. The monoisotopic (exact) mass is 1580 g/mol. The van der Waals surface area contributed by atoms with E-state index in [4.69, 9.17) is 42.6 Å². The van der Waals surface area contributed by atoms with Crippen molar-refractivity contribution in [1.29, 1.82) is 0 Å². The normalized spacial score (nSPS) is 24.2. The quantitative estimate of drug-likeness (QED) is 0.0175. The molecule has 640 valence electrons. The molecule has 4 amide bonds. The van der Waals surface area contributed by atoms with Crippen LogP contribution >= 0.6 is 0 Å². The smallest absolute Gasteiger partial charge is 0.302 e. The van der Waals surface area contributed by atoms with E-state index in [0.29, 0.717) is 51.3 Å². The molecular weight excluding hydrogens is 1430 g/mol. The van der Waals surface area contributed by atoms with Crippen LogP contribution in [0.1, 0.15) is 286 Å². The van der Waals surface area contributed by atoms with Crippen LogP contribution in [0.4, 0.5) is 0 Å². The predicted molar refractivity (Wildman–Crippen MR) is 433 cm³/mol. The van der Waals surface area contributed by atoms with Gasteiger partial charge in [-0.2, -0.15) is 0 Å². The Morgan fingerprint density at radius 2 is 0.679 bits per heavy atom. The molecule has 24 heteroatoms. The summed E-state index contributed by atoms with van der Waals surface area (Å²) in [4.78, 5) is 125. The summed E-state index contributed by atoms with van der Waals surface area (Å²) in [5, 5.41) is 15.6. The lowest BCUT2D eigenvalue weighted by molar-refractivity contribution is -0.146. The van der Waals surface area contributed by atoms with Crippen LogP contribution in [0.2, 0.25) is 0 Å². The zero-order valence-electron chi connectivity index (χ0n) is 70.9. The van der Waals surface area contributed by atoms with E-state index in [1.165, 1.54) is 66.2 Å². The van der Waals surface area contributed by atoms with Crippen LogP contribution in [0.25, 0.3) is 0 Å². The van der Waals surface area contributed by atoms with E-state index in [1.807, 2.05) is 6.07 Å². The summed E-state index contributed by atoms with van der Waals surface area (Å²) in [7, 11) is 0. The second-order valence-corrected chi connectivity index (χ2v) is 33.0.